The Kier molecular flexibility index (Phi) is 3.52. The number of aromatic amines is 1. The predicted molar refractivity (Wildman–Crippen MR) is 70.0 cm³/mol. The Morgan fingerprint density at radius 2 is 2.22 bits per heavy atom. The maximum absolute atomic E-state index is 11.4. The van der Waals surface area contributed by atoms with Crippen molar-refractivity contribution < 1.29 is 9.47 Å². The summed E-state index contributed by atoms with van der Waals surface area (Å²) in [6.45, 7) is 0. The molecule has 2 aromatic rings. The maximum atomic E-state index is 11.4. The molecule has 0 aliphatic rings. The van der Waals surface area contributed by atoms with Crippen LogP contribution in [0.4, 0.5) is 5.69 Å². The molecule has 18 heavy (non-hydrogen) atoms. The number of nitrogen functional groups attached to an aromatic ring is 1. The highest BCUT2D eigenvalue weighted by Gasteiger charge is 2.10. The van der Waals surface area contributed by atoms with Gasteiger partial charge >= 0.3 is 0 Å². The zero-order chi connectivity index (χ0) is 13.1. The average Bonchev–Trinajstić information content (AvgIpc) is 2.37. The number of anilines is 1. The number of aromatic nitrogens is 2. The van der Waals surface area contributed by atoms with Crippen molar-refractivity contribution in [2.24, 2.45) is 0 Å². The van der Waals surface area contributed by atoms with Crippen LogP contribution in [0.15, 0.2) is 33.8 Å². The number of nitrogens with two attached hydrogens (primary N) is 1. The zero-order valence-electron chi connectivity index (χ0n) is 9.44. The van der Waals surface area contributed by atoms with Gasteiger partial charge in [-0.15, -0.1) is 0 Å². The molecule has 3 N–H and O–H groups in total. The van der Waals surface area contributed by atoms with E-state index >= 15 is 0 Å². The van der Waals surface area contributed by atoms with Gasteiger partial charge in [-0.2, -0.15) is 0 Å². The van der Waals surface area contributed by atoms with Crippen molar-refractivity contribution in [3.8, 4) is 17.4 Å². The Bertz CT molecular complexity index is 627. The molecule has 0 aliphatic carbocycles. The van der Waals surface area contributed by atoms with Gasteiger partial charge in [0.2, 0.25) is 5.88 Å². The van der Waals surface area contributed by atoms with Crippen molar-refractivity contribution >= 4 is 21.6 Å². The smallest absolute Gasteiger partial charge is 0.268 e. The van der Waals surface area contributed by atoms with Gasteiger partial charge in [0.15, 0.2) is 5.75 Å². The van der Waals surface area contributed by atoms with Crippen molar-refractivity contribution in [1.29, 1.82) is 0 Å². The first kappa shape index (κ1) is 12.4. The van der Waals surface area contributed by atoms with E-state index in [1.807, 2.05) is 0 Å². The molecule has 0 radical (unpaired) electrons. The third kappa shape index (κ3) is 2.45. The topological polar surface area (TPSA) is 90.2 Å². The summed E-state index contributed by atoms with van der Waals surface area (Å²) >= 11 is 3.09. The second-order valence-electron chi connectivity index (χ2n) is 3.36. The van der Waals surface area contributed by atoms with Crippen molar-refractivity contribution in [3.05, 3.63) is 39.4 Å². The van der Waals surface area contributed by atoms with Crippen LogP contribution in [0.2, 0.25) is 0 Å². The molecule has 1 aromatic carbocycles. The third-order valence-corrected chi connectivity index (χ3v) is 2.89. The van der Waals surface area contributed by atoms with Gasteiger partial charge in [-0.25, -0.2) is 4.98 Å². The minimum absolute atomic E-state index is 0.138. The van der Waals surface area contributed by atoms with Gasteiger partial charge in [-0.3, -0.25) is 4.79 Å². The number of hydrogen-bond acceptors (Lipinski definition) is 5. The van der Waals surface area contributed by atoms with Crippen LogP contribution in [0.5, 0.6) is 17.4 Å². The van der Waals surface area contributed by atoms with E-state index in [1.54, 1.807) is 18.2 Å². The van der Waals surface area contributed by atoms with Crippen LogP contribution in [0.1, 0.15) is 0 Å². The van der Waals surface area contributed by atoms with Crippen LogP contribution in [0.25, 0.3) is 0 Å². The molecule has 0 atom stereocenters. The Morgan fingerprint density at radius 1 is 1.44 bits per heavy atom. The van der Waals surface area contributed by atoms with Gasteiger partial charge in [-0.1, -0.05) is 0 Å². The Balaban J connectivity index is 2.39. The fourth-order valence-corrected chi connectivity index (χ4v) is 1.57. The van der Waals surface area contributed by atoms with E-state index in [0.717, 1.165) is 0 Å². The molecule has 2 rings (SSSR count). The Hall–Kier alpha value is -2.02. The summed E-state index contributed by atoms with van der Waals surface area (Å²) in [5, 5.41) is 0. The Labute approximate surface area is 111 Å². The quantitative estimate of drug-likeness (QED) is 0.845. The number of nitrogens with zero attached hydrogens (tertiary/aromatic N) is 1. The largest absolute Gasteiger partial charge is 0.497 e. The van der Waals surface area contributed by atoms with Crippen molar-refractivity contribution in [1.82, 2.24) is 9.97 Å². The summed E-state index contributed by atoms with van der Waals surface area (Å²) in [5.41, 5.74) is 5.86. The highest BCUT2D eigenvalue weighted by molar-refractivity contribution is 9.10. The number of methoxy groups -OCH3 is 1. The van der Waals surface area contributed by atoms with Crippen molar-refractivity contribution in [2.45, 2.75) is 0 Å². The second kappa shape index (κ2) is 5.09. The van der Waals surface area contributed by atoms with Crippen molar-refractivity contribution in [3.63, 3.8) is 0 Å². The van der Waals surface area contributed by atoms with Crippen molar-refractivity contribution in [2.75, 3.05) is 12.8 Å². The molecule has 0 saturated heterocycles. The molecular formula is C11H10BrN3O3. The molecule has 7 heteroatoms. The number of nitrogens with one attached hydrogen (secondary N) is 1. The lowest BCUT2D eigenvalue weighted by Crippen LogP contribution is -2.08. The molecule has 1 aromatic heterocycles. The van der Waals surface area contributed by atoms with Crippen LogP contribution in [-0.2, 0) is 0 Å². The van der Waals surface area contributed by atoms with Crippen LogP contribution in [0.3, 0.4) is 0 Å². The average molecular weight is 312 g/mol. The van der Waals surface area contributed by atoms with E-state index in [-0.39, 0.29) is 15.9 Å². The standard InChI is InChI=1S/C11H10BrN3O3/c1-17-6-2-3-7(13)8(4-6)18-11-9(12)10(16)14-5-15-11/h2-5H,13H2,1H3,(H,14,15,16). The summed E-state index contributed by atoms with van der Waals surface area (Å²) < 4.78 is 10.7. The second-order valence-corrected chi connectivity index (χ2v) is 4.15. The maximum Gasteiger partial charge on any atom is 0.268 e. The Morgan fingerprint density at radius 3 is 2.94 bits per heavy atom. The number of ether oxygens (including phenoxy) is 2. The van der Waals surface area contributed by atoms with Gasteiger partial charge in [-0.05, 0) is 28.1 Å². The molecule has 0 amide bonds. The first-order valence-corrected chi connectivity index (χ1v) is 5.75. The molecule has 0 aliphatic heterocycles. The minimum Gasteiger partial charge on any atom is -0.497 e. The SMILES string of the molecule is COc1ccc(N)c(Oc2nc[nH]c(=O)c2Br)c1. The lowest BCUT2D eigenvalue weighted by Gasteiger charge is -2.09. The summed E-state index contributed by atoms with van der Waals surface area (Å²) in [6, 6.07) is 4.97. The summed E-state index contributed by atoms with van der Waals surface area (Å²) in [5.74, 6) is 1.10. The number of H-pyrrole nitrogens is 1. The highest BCUT2D eigenvalue weighted by atomic mass is 79.9. The number of rotatable bonds is 3. The summed E-state index contributed by atoms with van der Waals surface area (Å²) in [4.78, 5) is 17.7. The first-order chi connectivity index (χ1) is 8.61. The van der Waals surface area contributed by atoms with E-state index < -0.39 is 0 Å². The van der Waals surface area contributed by atoms with Crippen LogP contribution in [-0.4, -0.2) is 17.1 Å². The molecule has 0 spiro atoms. The molecule has 0 fully saturated rings. The number of halogens is 1. The third-order valence-electron chi connectivity index (χ3n) is 2.19. The molecule has 0 unspecified atom stereocenters. The summed E-state index contributed by atoms with van der Waals surface area (Å²) in [7, 11) is 1.54. The zero-order valence-corrected chi connectivity index (χ0v) is 11.0. The predicted octanol–water partition coefficient (Wildman–Crippen LogP) is 1.92. The molecule has 94 valence electrons. The molecule has 6 nitrogen and oxygen atoms in total. The number of benzene rings is 1. The molecule has 1 heterocycles. The van der Waals surface area contributed by atoms with Gasteiger partial charge in [0, 0.05) is 6.07 Å². The summed E-state index contributed by atoms with van der Waals surface area (Å²) in [6.07, 6.45) is 1.25. The first-order valence-electron chi connectivity index (χ1n) is 4.96. The van der Waals surface area contributed by atoms with Gasteiger partial charge in [0.05, 0.1) is 19.1 Å². The van der Waals surface area contributed by atoms with E-state index in [1.165, 1.54) is 13.4 Å². The van der Waals surface area contributed by atoms with E-state index in [4.69, 9.17) is 15.2 Å². The van der Waals surface area contributed by atoms with Gasteiger partial charge < -0.3 is 20.2 Å². The lowest BCUT2D eigenvalue weighted by molar-refractivity contribution is 0.407. The minimum atomic E-state index is -0.332. The van der Waals surface area contributed by atoms with E-state index in [0.29, 0.717) is 17.2 Å². The molecular weight excluding hydrogens is 302 g/mol. The van der Waals surface area contributed by atoms with Gasteiger partial charge in [0.25, 0.3) is 5.56 Å². The van der Waals surface area contributed by atoms with E-state index in [9.17, 15) is 4.79 Å². The van der Waals surface area contributed by atoms with Gasteiger partial charge in [0.1, 0.15) is 10.2 Å². The number of hydrogen-bond donors (Lipinski definition) is 2. The fraction of sp³-hybridized carbons (Fsp3) is 0.0909. The van der Waals surface area contributed by atoms with Crippen LogP contribution in [0, 0.1) is 0 Å². The molecule has 0 bridgehead atoms. The normalized spacial score (nSPS) is 10.1. The monoisotopic (exact) mass is 311 g/mol. The molecule has 0 saturated carbocycles. The van der Waals surface area contributed by atoms with E-state index in [2.05, 4.69) is 25.9 Å². The fourth-order valence-electron chi connectivity index (χ4n) is 1.27. The van der Waals surface area contributed by atoms with Crippen LogP contribution < -0.4 is 20.8 Å². The highest BCUT2D eigenvalue weighted by Crippen LogP contribution is 2.31. The lowest BCUT2D eigenvalue weighted by atomic mass is 10.3. The van der Waals surface area contributed by atoms with Crippen LogP contribution >= 0.6 is 15.9 Å².